The molecule has 2 aliphatic carbocycles. The van der Waals surface area contributed by atoms with Gasteiger partial charge in [-0.3, -0.25) is 0 Å². The predicted molar refractivity (Wildman–Crippen MR) is 86.0 cm³/mol. The molecule has 3 rings (SSSR count). The molecule has 0 radical (unpaired) electrons. The molecule has 1 fully saturated rings. The zero-order valence-electron chi connectivity index (χ0n) is 12.7. The lowest BCUT2D eigenvalue weighted by atomic mass is 9.69. The van der Waals surface area contributed by atoms with Crippen molar-refractivity contribution in [1.82, 2.24) is 5.32 Å². The minimum absolute atomic E-state index is 0.333. The molecule has 1 N–H and O–H groups in total. The first-order valence-electron chi connectivity index (χ1n) is 8.28. The van der Waals surface area contributed by atoms with Crippen molar-refractivity contribution >= 4 is 0 Å². The predicted octanol–water partition coefficient (Wildman–Crippen LogP) is 4.59. The highest BCUT2D eigenvalue weighted by molar-refractivity contribution is 5.34. The second-order valence-electron chi connectivity index (χ2n) is 6.48. The SMILES string of the molecule is CNC(C1=CCCCC1)C1(c2ccccc2)CCCC1. The normalized spacial score (nSPS) is 23.4. The molecule has 1 aromatic carbocycles. The van der Waals surface area contributed by atoms with Crippen molar-refractivity contribution in [2.45, 2.75) is 62.8 Å². The number of benzene rings is 1. The van der Waals surface area contributed by atoms with Crippen LogP contribution in [0.1, 0.15) is 56.9 Å². The van der Waals surface area contributed by atoms with E-state index in [1.165, 1.54) is 51.4 Å². The molecule has 1 atom stereocenters. The van der Waals surface area contributed by atoms with Crippen molar-refractivity contribution in [2.75, 3.05) is 7.05 Å². The van der Waals surface area contributed by atoms with Gasteiger partial charge in [-0.1, -0.05) is 54.8 Å². The fraction of sp³-hybridized carbons (Fsp3) is 0.579. The Morgan fingerprint density at radius 3 is 2.35 bits per heavy atom. The highest BCUT2D eigenvalue weighted by atomic mass is 14.9. The third kappa shape index (κ3) is 2.44. The molecule has 0 bridgehead atoms. The molecule has 1 nitrogen and oxygen atoms in total. The van der Waals surface area contributed by atoms with Gasteiger partial charge in [-0.2, -0.15) is 0 Å². The van der Waals surface area contributed by atoms with Crippen LogP contribution in [0.4, 0.5) is 0 Å². The number of hydrogen-bond acceptors (Lipinski definition) is 1. The van der Waals surface area contributed by atoms with Crippen molar-refractivity contribution in [3.63, 3.8) is 0 Å². The molecule has 0 saturated heterocycles. The molecule has 1 heteroatoms. The topological polar surface area (TPSA) is 12.0 Å². The Kier molecular flexibility index (Phi) is 4.26. The van der Waals surface area contributed by atoms with Crippen molar-refractivity contribution in [1.29, 1.82) is 0 Å². The summed E-state index contributed by atoms with van der Waals surface area (Å²) >= 11 is 0. The van der Waals surface area contributed by atoms with Gasteiger partial charge in [0.1, 0.15) is 0 Å². The van der Waals surface area contributed by atoms with E-state index in [-0.39, 0.29) is 0 Å². The first-order valence-corrected chi connectivity index (χ1v) is 8.28. The lowest BCUT2D eigenvalue weighted by molar-refractivity contribution is 0.333. The zero-order chi connectivity index (χ0) is 13.8. The maximum absolute atomic E-state index is 3.68. The average molecular weight is 269 g/mol. The Morgan fingerprint density at radius 1 is 1.00 bits per heavy atom. The van der Waals surface area contributed by atoms with Gasteiger partial charge in [0.15, 0.2) is 0 Å². The maximum Gasteiger partial charge on any atom is 0.0374 e. The fourth-order valence-electron chi connectivity index (χ4n) is 4.46. The van der Waals surface area contributed by atoms with Crippen LogP contribution in [-0.4, -0.2) is 13.1 Å². The van der Waals surface area contributed by atoms with E-state index in [2.05, 4.69) is 48.8 Å². The van der Waals surface area contributed by atoms with Gasteiger partial charge in [-0.25, -0.2) is 0 Å². The second kappa shape index (κ2) is 6.13. The standard InChI is InChI=1S/C19H27N/c1-20-18(16-10-4-2-5-11-16)19(14-8-9-15-19)17-12-6-3-7-13-17/h3,6-7,10,12-13,18,20H,2,4-5,8-9,11,14-15H2,1H3. The minimum atomic E-state index is 0.333. The number of allylic oxidation sites excluding steroid dienone is 1. The zero-order valence-corrected chi connectivity index (χ0v) is 12.7. The molecular formula is C19H27N. The summed E-state index contributed by atoms with van der Waals surface area (Å²) in [4.78, 5) is 0. The summed E-state index contributed by atoms with van der Waals surface area (Å²) in [6.07, 6.45) is 13.2. The first-order chi connectivity index (χ1) is 9.87. The van der Waals surface area contributed by atoms with Crippen molar-refractivity contribution in [3.05, 3.63) is 47.5 Å². The maximum atomic E-state index is 3.68. The smallest absolute Gasteiger partial charge is 0.0374 e. The van der Waals surface area contributed by atoms with E-state index < -0.39 is 0 Å². The first kappa shape index (κ1) is 13.9. The van der Waals surface area contributed by atoms with Gasteiger partial charge in [0.05, 0.1) is 0 Å². The largest absolute Gasteiger partial charge is 0.313 e. The summed E-state index contributed by atoms with van der Waals surface area (Å²) in [6.45, 7) is 0. The van der Waals surface area contributed by atoms with Crippen molar-refractivity contribution < 1.29 is 0 Å². The summed E-state index contributed by atoms with van der Waals surface area (Å²) in [6, 6.07) is 11.8. The number of rotatable bonds is 4. The van der Waals surface area contributed by atoms with Crippen LogP contribution < -0.4 is 5.32 Å². The third-order valence-corrected chi connectivity index (χ3v) is 5.38. The summed E-state index contributed by atoms with van der Waals surface area (Å²) in [5, 5.41) is 3.68. The summed E-state index contributed by atoms with van der Waals surface area (Å²) in [7, 11) is 2.16. The van der Waals surface area contributed by atoms with E-state index in [9.17, 15) is 0 Å². The van der Waals surface area contributed by atoms with E-state index in [4.69, 9.17) is 0 Å². The Morgan fingerprint density at radius 2 is 1.75 bits per heavy atom. The average Bonchev–Trinajstić information content (AvgIpc) is 3.01. The van der Waals surface area contributed by atoms with Crippen LogP contribution in [0.5, 0.6) is 0 Å². The Labute approximate surface area is 123 Å². The van der Waals surface area contributed by atoms with Crippen LogP contribution >= 0.6 is 0 Å². The summed E-state index contributed by atoms with van der Waals surface area (Å²) in [5.41, 5.74) is 3.55. The third-order valence-electron chi connectivity index (χ3n) is 5.38. The molecule has 1 unspecified atom stereocenters. The highest BCUT2D eigenvalue weighted by Crippen LogP contribution is 2.46. The van der Waals surface area contributed by atoms with Crippen LogP contribution in [-0.2, 0) is 5.41 Å². The molecule has 0 aromatic heterocycles. The Hall–Kier alpha value is -1.08. The molecular weight excluding hydrogens is 242 g/mol. The van der Waals surface area contributed by atoms with Gasteiger partial charge in [0, 0.05) is 11.5 Å². The molecule has 1 saturated carbocycles. The monoisotopic (exact) mass is 269 g/mol. The lowest BCUT2D eigenvalue weighted by Gasteiger charge is -2.40. The molecule has 0 aliphatic heterocycles. The van der Waals surface area contributed by atoms with E-state index >= 15 is 0 Å². The van der Waals surface area contributed by atoms with Gasteiger partial charge < -0.3 is 5.32 Å². The van der Waals surface area contributed by atoms with E-state index in [0.717, 1.165) is 0 Å². The van der Waals surface area contributed by atoms with Crippen LogP contribution in [0.15, 0.2) is 42.0 Å². The van der Waals surface area contributed by atoms with Crippen LogP contribution in [0.3, 0.4) is 0 Å². The minimum Gasteiger partial charge on any atom is -0.313 e. The molecule has 0 amide bonds. The number of likely N-dealkylation sites (N-methyl/N-ethyl adjacent to an activating group) is 1. The Bertz CT molecular complexity index is 454. The number of hydrogen-bond donors (Lipinski definition) is 1. The lowest BCUT2D eigenvalue weighted by Crippen LogP contribution is -2.47. The second-order valence-corrected chi connectivity index (χ2v) is 6.48. The van der Waals surface area contributed by atoms with E-state index in [1.807, 2.05) is 0 Å². The van der Waals surface area contributed by atoms with Gasteiger partial charge in [0.25, 0.3) is 0 Å². The van der Waals surface area contributed by atoms with Crippen molar-refractivity contribution in [3.8, 4) is 0 Å². The van der Waals surface area contributed by atoms with E-state index in [1.54, 1.807) is 11.1 Å². The molecule has 1 aromatic rings. The molecule has 20 heavy (non-hydrogen) atoms. The van der Waals surface area contributed by atoms with Crippen molar-refractivity contribution in [2.24, 2.45) is 0 Å². The highest BCUT2D eigenvalue weighted by Gasteiger charge is 2.43. The molecule has 108 valence electrons. The molecule has 0 spiro atoms. The van der Waals surface area contributed by atoms with Crippen LogP contribution in [0.2, 0.25) is 0 Å². The van der Waals surface area contributed by atoms with Gasteiger partial charge in [-0.05, 0) is 51.1 Å². The molecule has 0 heterocycles. The summed E-state index contributed by atoms with van der Waals surface area (Å²) in [5.74, 6) is 0. The number of nitrogens with one attached hydrogen (secondary N) is 1. The molecule has 2 aliphatic rings. The van der Waals surface area contributed by atoms with E-state index in [0.29, 0.717) is 11.5 Å². The fourth-order valence-corrected chi connectivity index (χ4v) is 4.46. The quantitative estimate of drug-likeness (QED) is 0.788. The van der Waals surface area contributed by atoms with Crippen LogP contribution in [0.25, 0.3) is 0 Å². The van der Waals surface area contributed by atoms with Gasteiger partial charge in [-0.15, -0.1) is 0 Å². The van der Waals surface area contributed by atoms with Gasteiger partial charge >= 0.3 is 0 Å². The van der Waals surface area contributed by atoms with Crippen LogP contribution in [0, 0.1) is 0 Å². The summed E-state index contributed by atoms with van der Waals surface area (Å²) < 4.78 is 0. The van der Waals surface area contributed by atoms with Gasteiger partial charge in [0.2, 0.25) is 0 Å². The Balaban J connectivity index is 1.98.